The molecule has 1 aromatic rings. The first-order valence-electron chi connectivity index (χ1n) is 6.29. The van der Waals surface area contributed by atoms with E-state index in [1.165, 1.54) is 35.6 Å². The number of nitrogens with zero attached hydrogens (tertiary/aromatic N) is 1. The van der Waals surface area contributed by atoms with Crippen molar-refractivity contribution in [1.82, 2.24) is 9.62 Å². The van der Waals surface area contributed by atoms with Crippen LogP contribution in [0.1, 0.15) is 24.2 Å². The van der Waals surface area contributed by atoms with E-state index in [0.29, 0.717) is 5.56 Å². The van der Waals surface area contributed by atoms with Crippen LogP contribution < -0.4 is 5.32 Å². The van der Waals surface area contributed by atoms with Crippen LogP contribution in [-0.4, -0.2) is 50.0 Å². The summed E-state index contributed by atoms with van der Waals surface area (Å²) in [5, 5.41) is 11.5. The van der Waals surface area contributed by atoms with Crippen LogP contribution in [0.5, 0.6) is 0 Å². The molecule has 0 radical (unpaired) electrons. The molecule has 2 N–H and O–H groups in total. The van der Waals surface area contributed by atoms with Gasteiger partial charge < -0.3 is 10.4 Å². The SMILES string of the molecule is CNC(=O)c1ccc(S(=O)(=O)N(CCO)C(C)C)cc1. The van der Waals surface area contributed by atoms with E-state index in [-0.39, 0.29) is 30.0 Å². The van der Waals surface area contributed by atoms with E-state index >= 15 is 0 Å². The van der Waals surface area contributed by atoms with Crippen molar-refractivity contribution in [2.45, 2.75) is 24.8 Å². The van der Waals surface area contributed by atoms with Gasteiger partial charge in [-0.05, 0) is 38.1 Å². The molecule has 0 fully saturated rings. The first kappa shape index (κ1) is 16.6. The van der Waals surface area contributed by atoms with Crippen molar-refractivity contribution < 1.29 is 18.3 Å². The van der Waals surface area contributed by atoms with E-state index in [9.17, 15) is 13.2 Å². The summed E-state index contributed by atoms with van der Waals surface area (Å²) in [6, 6.07) is 5.46. The van der Waals surface area contributed by atoms with Crippen molar-refractivity contribution in [2.75, 3.05) is 20.2 Å². The van der Waals surface area contributed by atoms with Crippen molar-refractivity contribution in [2.24, 2.45) is 0 Å². The number of rotatable bonds is 6. The molecule has 0 aliphatic heterocycles. The molecular weight excluding hydrogens is 280 g/mol. The van der Waals surface area contributed by atoms with Gasteiger partial charge in [0.1, 0.15) is 0 Å². The molecule has 112 valence electrons. The number of hydrogen-bond donors (Lipinski definition) is 2. The topological polar surface area (TPSA) is 86.7 Å². The standard InChI is InChI=1S/C13H20N2O4S/c1-10(2)15(8-9-16)20(18,19)12-6-4-11(5-7-12)13(17)14-3/h4-7,10,16H,8-9H2,1-3H3,(H,14,17). The second kappa shape index (κ2) is 6.83. The van der Waals surface area contributed by atoms with Gasteiger partial charge in [0.05, 0.1) is 11.5 Å². The summed E-state index contributed by atoms with van der Waals surface area (Å²) < 4.78 is 26.1. The van der Waals surface area contributed by atoms with Crippen LogP contribution in [0.25, 0.3) is 0 Å². The van der Waals surface area contributed by atoms with E-state index < -0.39 is 10.0 Å². The Balaban J connectivity index is 3.12. The third-order valence-electron chi connectivity index (χ3n) is 2.85. The number of aliphatic hydroxyl groups is 1. The van der Waals surface area contributed by atoms with Gasteiger partial charge in [-0.25, -0.2) is 8.42 Å². The summed E-state index contributed by atoms with van der Waals surface area (Å²) in [5.41, 5.74) is 0.393. The second-order valence-corrected chi connectivity index (χ2v) is 6.43. The third kappa shape index (κ3) is 3.56. The largest absolute Gasteiger partial charge is 0.395 e. The lowest BCUT2D eigenvalue weighted by Gasteiger charge is -2.25. The van der Waals surface area contributed by atoms with Crippen molar-refractivity contribution >= 4 is 15.9 Å². The molecule has 0 aliphatic rings. The summed E-state index contributed by atoms with van der Waals surface area (Å²) in [7, 11) is -2.16. The van der Waals surface area contributed by atoms with Crippen molar-refractivity contribution in [3.05, 3.63) is 29.8 Å². The van der Waals surface area contributed by atoms with Crippen LogP contribution in [0.3, 0.4) is 0 Å². The zero-order chi connectivity index (χ0) is 15.3. The highest BCUT2D eigenvalue weighted by molar-refractivity contribution is 7.89. The number of hydrogen-bond acceptors (Lipinski definition) is 4. The Morgan fingerprint density at radius 3 is 2.25 bits per heavy atom. The molecule has 0 atom stereocenters. The molecule has 20 heavy (non-hydrogen) atoms. The van der Waals surface area contributed by atoms with E-state index in [2.05, 4.69) is 5.32 Å². The summed E-state index contributed by atoms with van der Waals surface area (Å²) in [6.07, 6.45) is 0. The van der Waals surface area contributed by atoms with Gasteiger partial charge in [-0.3, -0.25) is 4.79 Å². The molecular formula is C13H20N2O4S. The molecule has 0 spiro atoms. The van der Waals surface area contributed by atoms with Crippen LogP contribution in [0.15, 0.2) is 29.2 Å². The van der Waals surface area contributed by atoms with Crippen molar-refractivity contribution in [1.29, 1.82) is 0 Å². The van der Waals surface area contributed by atoms with Gasteiger partial charge in [0.2, 0.25) is 10.0 Å². The number of nitrogens with one attached hydrogen (secondary N) is 1. The summed E-state index contributed by atoms with van der Waals surface area (Å²) in [4.78, 5) is 11.5. The molecule has 0 saturated heterocycles. The molecule has 0 aliphatic carbocycles. The lowest BCUT2D eigenvalue weighted by Crippen LogP contribution is -2.38. The fourth-order valence-corrected chi connectivity index (χ4v) is 3.44. The molecule has 0 aromatic heterocycles. The first-order valence-corrected chi connectivity index (χ1v) is 7.73. The van der Waals surface area contributed by atoms with Crippen LogP contribution >= 0.6 is 0 Å². The molecule has 1 amide bonds. The van der Waals surface area contributed by atoms with E-state index in [1.54, 1.807) is 13.8 Å². The Morgan fingerprint density at radius 1 is 1.30 bits per heavy atom. The Bertz CT molecular complexity index is 552. The number of benzene rings is 1. The minimum atomic E-state index is -3.67. The molecule has 0 heterocycles. The predicted octanol–water partition coefficient (Wildman–Crippen LogP) is 0.438. The summed E-state index contributed by atoms with van der Waals surface area (Å²) >= 11 is 0. The van der Waals surface area contributed by atoms with Gasteiger partial charge in [0.25, 0.3) is 5.91 Å². The Kier molecular flexibility index (Phi) is 5.67. The summed E-state index contributed by atoms with van der Waals surface area (Å²) in [5.74, 6) is -0.273. The lowest BCUT2D eigenvalue weighted by molar-refractivity contribution is 0.0963. The molecule has 0 unspecified atom stereocenters. The van der Waals surface area contributed by atoms with Gasteiger partial charge in [-0.15, -0.1) is 0 Å². The minimum absolute atomic E-state index is 0.0389. The van der Waals surface area contributed by atoms with Gasteiger partial charge in [0, 0.05) is 25.2 Å². The van der Waals surface area contributed by atoms with E-state index in [1.807, 2.05) is 0 Å². The zero-order valence-corrected chi connectivity index (χ0v) is 12.6. The molecule has 6 nitrogen and oxygen atoms in total. The highest BCUT2D eigenvalue weighted by Gasteiger charge is 2.26. The van der Waals surface area contributed by atoms with Gasteiger partial charge in [-0.2, -0.15) is 4.31 Å². The smallest absolute Gasteiger partial charge is 0.251 e. The lowest BCUT2D eigenvalue weighted by atomic mass is 10.2. The van der Waals surface area contributed by atoms with Crippen LogP contribution in [0, 0.1) is 0 Å². The number of amides is 1. The Hall–Kier alpha value is -1.44. The fourth-order valence-electron chi connectivity index (χ4n) is 1.81. The van der Waals surface area contributed by atoms with Crippen LogP contribution in [0.2, 0.25) is 0 Å². The first-order chi connectivity index (χ1) is 9.34. The summed E-state index contributed by atoms with van der Waals surface area (Å²) in [6.45, 7) is 3.28. The monoisotopic (exact) mass is 300 g/mol. The quantitative estimate of drug-likeness (QED) is 0.798. The van der Waals surface area contributed by atoms with Gasteiger partial charge >= 0.3 is 0 Å². The average Bonchev–Trinajstić information content (AvgIpc) is 2.43. The fraction of sp³-hybridized carbons (Fsp3) is 0.462. The molecule has 1 aromatic carbocycles. The predicted molar refractivity (Wildman–Crippen MR) is 75.9 cm³/mol. The minimum Gasteiger partial charge on any atom is -0.395 e. The van der Waals surface area contributed by atoms with Crippen molar-refractivity contribution in [3.63, 3.8) is 0 Å². The Morgan fingerprint density at radius 2 is 1.85 bits per heavy atom. The van der Waals surface area contributed by atoms with Crippen LogP contribution in [0.4, 0.5) is 0 Å². The van der Waals surface area contributed by atoms with Gasteiger partial charge in [0.15, 0.2) is 0 Å². The highest BCUT2D eigenvalue weighted by atomic mass is 32.2. The Labute approximate surface area is 119 Å². The molecule has 7 heteroatoms. The second-order valence-electron chi connectivity index (χ2n) is 4.54. The van der Waals surface area contributed by atoms with Crippen LogP contribution in [-0.2, 0) is 10.0 Å². The molecule has 0 bridgehead atoms. The number of carbonyl (C=O) groups excluding carboxylic acids is 1. The van der Waals surface area contributed by atoms with Gasteiger partial charge in [-0.1, -0.05) is 0 Å². The number of aliphatic hydroxyl groups excluding tert-OH is 1. The third-order valence-corrected chi connectivity index (χ3v) is 4.94. The number of carbonyl (C=O) groups is 1. The zero-order valence-electron chi connectivity index (χ0n) is 11.8. The molecule has 1 rings (SSSR count). The van der Waals surface area contributed by atoms with E-state index in [0.717, 1.165) is 0 Å². The maximum absolute atomic E-state index is 12.4. The van der Waals surface area contributed by atoms with E-state index in [4.69, 9.17) is 5.11 Å². The average molecular weight is 300 g/mol. The number of sulfonamides is 1. The highest BCUT2D eigenvalue weighted by Crippen LogP contribution is 2.18. The molecule has 0 saturated carbocycles. The maximum atomic E-state index is 12.4. The normalized spacial score (nSPS) is 11.9. The maximum Gasteiger partial charge on any atom is 0.251 e. The van der Waals surface area contributed by atoms with Crippen molar-refractivity contribution in [3.8, 4) is 0 Å².